The molecule has 1 aliphatic carbocycles. The second kappa shape index (κ2) is 6.03. The maximum atomic E-state index is 12.2. The summed E-state index contributed by atoms with van der Waals surface area (Å²) in [6.45, 7) is 4.35. The third-order valence-electron chi connectivity index (χ3n) is 4.05. The van der Waals surface area contributed by atoms with Gasteiger partial charge in [0.15, 0.2) is 0 Å². The molecule has 1 aromatic rings. The fourth-order valence-corrected chi connectivity index (χ4v) is 2.85. The number of aliphatic carboxylic acids is 1. The largest absolute Gasteiger partial charge is 0.481 e. The molecule has 3 unspecified atom stereocenters. The van der Waals surface area contributed by atoms with Crippen molar-refractivity contribution < 1.29 is 14.7 Å². The van der Waals surface area contributed by atoms with Gasteiger partial charge in [-0.2, -0.15) is 0 Å². The summed E-state index contributed by atoms with van der Waals surface area (Å²) in [7, 11) is 0. The lowest BCUT2D eigenvalue weighted by atomic mass is 9.95. The van der Waals surface area contributed by atoms with E-state index >= 15 is 0 Å². The first kappa shape index (κ1) is 14.5. The number of hydrogen-bond acceptors (Lipinski definition) is 3. The molecule has 5 heteroatoms. The Morgan fingerprint density at radius 1 is 1.40 bits per heavy atom. The lowest BCUT2D eigenvalue weighted by Crippen LogP contribution is -2.35. The molecule has 1 aromatic heterocycles. The molecule has 2 rings (SSSR count). The Morgan fingerprint density at radius 3 is 2.75 bits per heavy atom. The highest BCUT2D eigenvalue weighted by molar-refractivity contribution is 5.85. The SMILES string of the molecule is Cc1ccncc1CNC(=O)C1CC(C)CC1C(=O)O. The molecule has 1 heterocycles. The van der Waals surface area contributed by atoms with Gasteiger partial charge >= 0.3 is 5.97 Å². The van der Waals surface area contributed by atoms with E-state index in [0.717, 1.165) is 11.1 Å². The van der Waals surface area contributed by atoms with Gasteiger partial charge in [0, 0.05) is 18.9 Å². The maximum absolute atomic E-state index is 12.2. The zero-order valence-electron chi connectivity index (χ0n) is 11.8. The van der Waals surface area contributed by atoms with Gasteiger partial charge in [0.05, 0.1) is 11.8 Å². The van der Waals surface area contributed by atoms with Crippen molar-refractivity contribution in [3.05, 3.63) is 29.6 Å². The van der Waals surface area contributed by atoms with Crippen LogP contribution in [0.25, 0.3) is 0 Å². The van der Waals surface area contributed by atoms with Crippen LogP contribution in [0.2, 0.25) is 0 Å². The van der Waals surface area contributed by atoms with Gasteiger partial charge in [0.25, 0.3) is 0 Å². The number of hydrogen-bond donors (Lipinski definition) is 2. The van der Waals surface area contributed by atoms with Crippen molar-refractivity contribution in [2.75, 3.05) is 0 Å². The summed E-state index contributed by atoms with van der Waals surface area (Å²) < 4.78 is 0. The number of carbonyl (C=O) groups is 2. The average Bonchev–Trinajstić information content (AvgIpc) is 2.80. The summed E-state index contributed by atoms with van der Waals surface area (Å²) in [4.78, 5) is 27.4. The zero-order chi connectivity index (χ0) is 14.7. The fourth-order valence-electron chi connectivity index (χ4n) is 2.85. The second-order valence-corrected chi connectivity index (χ2v) is 5.65. The number of nitrogens with zero attached hydrogens (tertiary/aromatic N) is 1. The zero-order valence-corrected chi connectivity index (χ0v) is 11.8. The van der Waals surface area contributed by atoms with E-state index in [4.69, 9.17) is 0 Å². The van der Waals surface area contributed by atoms with E-state index in [0.29, 0.717) is 19.4 Å². The number of nitrogens with one attached hydrogen (secondary N) is 1. The van der Waals surface area contributed by atoms with E-state index in [1.54, 1.807) is 12.4 Å². The van der Waals surface area contributed by atoms with E-state index < -0.39 is 17.8 Å². The lowest BCUT2D eigenvalue weighted by molar-refractivity contribution is -0.146. The second-order valence-electron chi connectivity index (χ2n) is 5.65. The molecule has 0 radical (unpaired) electrons. The Labute approximate surface area is 118 Å². The van der Waals surface area contributed by atoms with Crippen molar-refractivity contribution in [1.29, 1.82) is 0 Å². The number of carboxylic acids is 1. The highest BCUT2D eigenvalue weighted by atomic mass is 16.4. The van der Waals surface area contributed by atoms with Crippen molar-refractivity contribution in [1.82, 2.24) is 10.3 Å². The number of carboxylic acid groups (broad SMARTS) is 1. The molecule has 0 aliphatic heterocycles. The number of carbonyl (C=O) groups excluding carboxylic acids is 1. The Hall–Kier alpha value is -1.91. The van der Waals surface area contributed by atoms with Crippen LogP contribution in [0, 0.1) is 24.7 Å². The minimum Gasteiger partial charge on any atom is -0.481 e. The van der Waals surface area contributed by atoms with E-state index in [9.17, 15) is 14.7 Å². The van der Waals surface area contributed by atoms with Crippen LogP contribution in [-0.2, 0) is 16.1 Å². The molecule has 1 aliphatic rings. The lowest BCUT2D eigenvalue weighted by Gasteiger charge is -2.16. The fraction of sp³-hybridized carbons (Fsp3) is 0.533. The minimum atomic E-state index is -0.868. The van der Waals surface area contributed by atoms with E-state index in [1.165, 1.54) is 0 Å². The monoisotopic (exact) mass is 276 g/mol. The van der Waals surface area contributed by atoms with Crippen molar-refractivity contribution >= 4 is 11.9 Å². The summed E-state index contributed by atoms with van der Waals surface area (Å²) in [5, 5.41) is 12.0. The molecule has 0 spiro atoms. The Bertz CT molecular complexity index is 516. The Morgan fingerprint density at radius 2 is 2.10 bits per heavy atom. The van der Waals surface area contributed by atoms with Gasteiger partial charge in [0.1, 0.15) is 0 Å². The van der Waals surface area contributed by atoms with Gasteiger partial charge in [-0.25, -0.2) is 0 Å². The standard InChI is InChI=1S/C15H20N2O3/c1-9-5-12(13(6-9)15(19)20)14(18)17-8-11-7-16-4-3-10(11)2/h3-4,7,9,12-13H,5-6,8H2,1-2H3,(H,17,18)(H,19,20). The molecule has 108 valence electrons. The first-order valence-corrected chi connectivity index (χ1v) is 6.89. The van der Waals surface area contributed by atoms with Crippen LogP contribution in [0.1, 0.15) is 30.9 Å². The highest BCUT2D eigenvalue weighted by Gasteiger charge is 2.40. The number of rotatable bonds is 4. The summed E-state index contributed by atoms with van der Waals surface area (Å²) in [5.74, 6) is -1.72. The molecule has 20 heavy (non-hydrogen) atoms. The molecule has 3 atom stereocenters. The third kappa shape index (κ3) is 3.15. The van der Waals surface area contributed by atoms with Crippen LogP contribution in [0.15, 0.2) is 18.5 Å². The van der Waals surface area contributed by atoms with Gasteiger partial charge in [-0.15, -0.1) is 0 Å². The predicted octanol–water partition coefficient (Wildman–Crippen LogP) is 1.75. The topological polar surface area (TPSA) is 79.3 Å². The van der Waals surface area contributed by atoms with Crippen LogP contribution >= 0.6 is 0 Å². The van der Waals surface area contributed by atoms with Crippen LogP contribution in [0.3, 0.4) is 0 Å². The molecule has 1 amide bonds. The van der Waals surface area contributed by atoms with Crippen LogP contribution in [0.5, 0.6) is 0 Å². The molecule has 2 N–H and O–H groups in total. The molecule has 0 bridgehead atoms. The number of pyridine rings is 1. The molecular formula is C15H20N2O3. The van der Waals surface area contributed by atoms with Gasteiger partial charge in [-0.1, -0.05) is 6.92 Å². The van der Waals surface area contributed by atoms with Crippen molar-refractivity contribution in [3.8, 4) is 0 Å². The van der Waals surface area contributed by atoms with Gasteiger partial charge in [-0.05, 0) is 42.9 Å². The molecular weight excluding hydrogens is 256 g/mol. The van der Waals surface area contributed by atoms with E-state index in [2.05, 4.69) is 10.3 Å². The van der Waals surface area contributed by atoms with Gasteiger partial charge in [0.2, 0.25) is 5.91 Å². The number of amides is 1. The summed E-state index contributed by atoms with van der Waals surface area (Å²) in [6.07, 6.45) is 4.66. The van der Waals surface area contributed by atoms with Gasteiger partial charge in [-0.3, -0.25) is 14.6 Å². The van der Waals surface area contributed by atoms with E-state index in [-0.39, 0.29) is 11.8 Å². The Balaban J connectivity index is 1.98. The van der Waals surface area contributed by atoms with Crippen molar-refractivity contribution in [2.24, 2.45) is 17.8 Å². The first-order valence-electron chi connectivity index (χ1n) is 6.89. The third-order valence-corrected chi connectivity index (χ3v) is 4.05. The van der Waals surface area contributed by atoms with Crippen molar-refractivity contribution in [2.45, 2.75) is 33.2 Å². The molecule has 1 saturated carbocycles. The van der Waals surface area contributed by atoms with Crippen molar-refractivity contribution in [3.63, 3.8) is 0 Å². The number of aromatic nitrogens is 1. The normalized spacial score (nSPS) is 25.4. The molecule has 0 aromatic carbocycles. The van der Waals surface area contributed by atoms with Crippen LogP contribution in [0.4, 0.5) is 0 Å². The number of aryl methyl sites for hydroxylation is 1. The smallest absolute Gasteiger partial charge is 0.307 e. The molecule has 5 nitrogen and oxygen atoms in total. The summed E-state index contributed by atoms with van der Waals surface area (Å²) in [6, 6.07) is 1.89. The summed E-state index contributed by atoms with van der Waals surface area (Å²) >= 11 is 0. The van der Waals surface area contributed by atoms with E-state index in [1.807, 2.05) is 19.9 Å². The Kier molecular flexibility index (Phi) is 4.37. The highest BCUT2D eigenvalue weighted by Crippen LogP contribution is 2.36. The quantitative estimate of drug-likeness (QED) is 0.878. The van der Waals surface area contributed by atoms with Crippen LogP contribution < -0.4 is 5.32 Å². The molecule has 1 fully saturated rings. The maximum Gasteiger partial charge on any atom is 0.307 e. The van der Waals surface area contributed by atoms with Crippen LogP contribution in [-0.4, -0.2) is 22.0 Å². The molecule has 0 saturated heterocycles. The van der Waals surface area contributed by atoms with Gasteiger partial charge < -0.3 is 10.4 Å². The summed E-state index contributed by atoms with van der Waals surface area (Å²) in [5.41, 5.74) is 2.02. The first-order chi connectivity index (χ1) is 9.49. The average molecular weight is 276 g/mol. The predicted molar refractivity (Wildman–Crippen MR) is 73.8 cm³/mol. The minimum absolute atomic E-state index is 0.162.